The van der Waals surface area contributed by atoms with Crippen LogP contribution >= 0.6 is 31.9 Å². The second-order valence-electron chi connectivity index (χ2n) is 7.43. The molecular formula is C23H28Br2O4. The van der Waals surface area contributed by atoms with Crippen molar-refractivity contribution in [2.45, 2.75) is 43.9 Å². The average Bonchev–Trinajstić information content (AvgIpc) is 2.99. The van der Waals surface area contributed by atoms with Crippen LogP contribution < -0.4 is 9.47 Å². The van der Waals surface area contributed by atoms with Gasteiger partial charge in [-0.15, -0.1) is 0 Å². The Morgan fingerprint density at radius 2 is 1.17 bits per heavy atom. The molecule has 0 unspecified atom stereocenters. The fraction of sp³-hybridized carbons (Fsp3) is 0.478. The minimum Gasteiger partial charge on any atom is -0.490 e. The largest absolute Gasteiger partial charge is 0.490 e. The second-order valence-corrected chi connectivity index (χ2v) is 9.14. The molecule has 1 fully saturated rings. The van der Waals surface area contributed by atoms with Gasteiger partial charge in [0, 0.05) is 5.41 Å². The first-order chi connectivity index (χ1) is 14.1. The molecule has 4 nitrogen and oxygen atoms in total. The van der Waals surface area contributed by atoms with Crippen molar-refractivity contribution < 1.29 is 19.7 Å². The third kappa shape index (κ3) is 5.35. The molecule has 2 aromatic rings. The number of ether oxygens (including phenoxy) is 2. The van der Waals surface area contributed by atoms with Crippen molar-refractivity contribution in [2.75, 3.05) is 26.4 Å². The zero-order valence-corrected chi connectivity index (χ0v) is 19.7. The number of hydrogen-bond donors (Lipinski definition) is 2. The van der Waals surface area contributed by atoms with Crippen LogP contribution in [0.15, 0.2) is 45.3 Å². The normalized spacial score (nSPS) is 16.3. The topological polar surface area (TPSA) is 58.9 Å². The van der Waals surface area contributed by atoms with Crippen LogP contribution in [0.4, 0.5) is 0 Å². The Bertz CT molecular complexity index is 742. The Kier molecular flexibility index (Phi) is 8.42. The summed E-state index contributed by atoms with van der Waals surface area (Å²) in [5.74, 6) is 1.50. The molecule has 29 heavy (non-hydrogen) atoms. The van der Waals surface area contributed by atoms with Gasteiger partial charge in [-0.25, -0.2) is 0 Å². The quantitative estimate of drug-likeness (QED) is 0.439. The molecule has 0 spiro atoms. The van der Waals surface area contributed by atoms with Gasteiger partial charge < -0.3 is 19.7 Å². The van der Waals surface area contributed by atoms with Crippen LogP contribution in [-0.4, -0.2) is 36.6 Å². The van der Waals surface area contributed by atoms with Crippen molar-refractivity contribution >= 4 is 31.9 Å². The maximum atomic E-state index is 9.03. The van der Waals surface area contributed by atoms with E-state index >= 15 is 0 Å². The third-order valence-electron chi connectivity index (χ3n) is 5.62. The number of hydrogen-bond acceptors (Lipinski definition) is 4. The molecule has 158 valence electrons. The highest BCUT2D eigenvalue weighted by Gasteiger charge is 2.35. The molecule has 1 aliphatic carbocycles. The predicted molar refractivity (Wildman–Crippen MR) is 122 cm³/mol. The lowest BCUT2D eigenvalue weighted by Gasteiger charge is -2.35. The van der Waals surface area contributed by atoms with Gasteiger partial charge in [0.05, 0.1) is 22.2 Å². The van der Waals surface area contributed by atoms with Crippen LogP contribution in [0.3, 0.4) is 0 Å². The number of rotatable bonds is 8. The van der Waals surface area contributed by atoms with Gasteiger partial charge in [-0.1, -0.05) is 37.8 Å². The zero-order valence-electron chi connectivity index (χ0n) is 16.5. The van der Waals surface area contributed by atoms with Crippen LogP contribution in [-0.2, 0) is 5.41 Å². The van der Waals surface area contributed by atoms with E-state index in [0.29, 0.717) is 0 Å². The van der Waals surface area contributed by atoms with Gasteiger partial charge in [0.15, 0.2) is 0 Å². The lowest BCUT2D eigenvalue weighted by molar-refractivity contribution is 0.200. The van der Waals surface area contributed by atoms with Gasteiger partial charge in [-0.2, -0.15) is 0 Å². The van der Waals surface area contributed by atoms with Gasteiger partial charge in [-0.3, -0.25) is 0 Å². The van der Waals surface area contributed by atoms with E-state index in [1.807, 2.05) is 12.1 Å². The lowest BCUT2D eigenvalue weighted by Crippen LogP contribution is -2.27. The van der Waals surface area contributed by atoms with E-state index in [0.717, 1.165) is 33.3 Å². The van der Waals surface area contributed by atoms with E-state index in [-0.39, 0.29) is 31.8 Å². The van der Waals surface area contributed by atoms with Crippen molar-refractivity contribution in [3.63, 3.8) is 0 Å². The van der Waals surface area contributed by atoms with Crippen LogP contribution in [0.2, 0.25) is 0 Å². The highest BCUT2D eigenvalue weighted by molar-refractivity contribution is 9.10. The summed E-state index contributed by atoms with van der Waals surface area (Å²) in [4.78, 5) is 0. The SMILES string of the molecule is OCCOc1ccc(C2(c3ccc(OCCO)c(Br)c3)CCCCCC2)cc1Br. The Hall–Kier alpha value is -1.08. The van der Waals surface area contributed by atoms with E-state index < -0.39 is 0 Å². The van der Waals surface area contributed by atoms with Crippen LogP contribution in [0.1, 0.15) is 49.7 Å². The number of halogens is 2. The summed E-state index contributed by atoms with van der Waals surface area (Å²) in [6, 6.07) is 12.6. The molecular weight excluding hydrogens is 500 g/mol. The van der Waals surface area contributed by atoms with E-state index in [2.05, 4.69) is 56.1 Å². The molecule has 0 saturated heterocycles. The van der Waals surface area contributed by atoms with Gasteiger partial charge in [0.25, 0.3) is 0 Å². The van der Waals surface area contributed by atoms with E-state index in [4.69, 9.17) is 19.7 Å². The van der Waals surface area contributed by atoms with Gasteiger partial charge in [0.2, 0.25) is 0 Å². The monoisotopic (exact) mass is 526 g/mol. The van der Waals surface area contributed by atoms with Crippen molar-refractivity contribution in [1.82, 2.24) is 0 Å². The molecule has 1 aliphatic rings. The first kappa shape index (κ1) is 22.6. The summed E-state index contributed by atoms with van der Waals surface area (Å²) in [5, 5.41) is 18.1. The van der Waals surface area contributed by atoms with Gasteiger partial charge in [-0.05, 0) is 80.1 Å². The minimum absolute atomic E-state index is 0.00312. The van der Waals surface area contributed by atoms with E-state index in [1.165, 1.54) is 36.8 Å². The zero-order chi connectivity index (χ0) is 20.7. The molecule has 0 aromatic heterocycles. The maximum absolute atomic E-state index is 9.03. The average molecular weight is 528 g/mol. The smallest absolute Gasteiger partial charge is 0.133 e. The summed E-state index contributed by atoms with van der Waals surface area (Å²) in [5.41, 5.74) is 2.49. The van der Waals surface area contributed by atoms with Crippen molar-refractivity contribution in [3.05, 3.63) is 56.5 Å². The van der Waals surface area contributed by atoms with Crippen molar-refractivity contribution in [2.24, 2.45) is 0 Å². The van der Waals surface area contributed by atoms with Gasteiger partial charge in [0.1, 0.15) is 24.7 Å². The van der Waals surface area contributed by atoms with Crippen molar-refractivity contribution in [1.29, 1.82) is 0 Å². The molecule has 6 heteroatoms. The summed E-state index contributed by atoms with van der Waals surface area (Å²) >= 11 is 7.31. The third-order valence-corrected chi connectivity index (χ3v) is 6.86. The summed E-state index contributed by atoms with van der Waals surface area (Å²) in [6.45, 7) is 0.560. The Labute approximate surface area is 189 Å². The van der Waals surface area contributed by atoms with Crippen LogP contribution in [0.5, 0.6) is 11.5 Å². The standard InChI is InChI=1S/C23H28Br2O4/c24-19-15-17(5-7-21(19)28-13-11-26)23(9-3-1-2-4-10-23)18-6-8-22(20(25)16-18)29-14-12-27/h5-8,15-16,26-27H,1-4,9-14H2. The maximum Gasteiger partial charge on any atom is 0.133 e. The molecule has 0 radical (unpaired) electrons. The highest BCUT2D eigenvalue weighted by atomic mass is 79.9. The van der Waals surface area contributed by atoms with E-state index in [1.54, 1.807) is 0 Å². The highest BCUT2D eigenvalue weighted by Crippen LogP contribution is 2.47. The molecule has 0 aliphatic heterocycles. The Morgan fingerprint density at radius 1 is 0.724 bits per heavy atom. The molecule has 1 saturated carbocycles. The summed E-state index contributed by atoms with van der Waals surface area (Å²) < 4.78 is 13.1. The molecule has 0 bridgehead atoms. The van der Waals surface area contributed by atoms with E-state index in [9.17, 15) is 0 Å². The molecule has 0 heterocycles. The Balaban J connectivity index is 2.00. The predicted octanol–water partition coefficient (Wildman–Crippen LogP) is 5.59. The van der Waals surface area contributed by atoms with Crippen LogP contribution in [0.25, 0.3) is 0 Å². The fourth-order valence-corrected chi connectivity index (χ4v) is 5.20. The lowest BCUT2D eigenvalue weighted by atomic mass is 9.69. The Morgan fingerprint density at radius 3 is 1.55 bits per heavy atom. The molecule has 0 amide bonds. The number of aliphatic hydroxyl groups is 2. The molecule has 3 rings (SSSR count). The first-order valence-corrected chi connectivity index (χ1v) is 11.8. The fourth-order valence-electron chi connectivity index (χ4n) is 4.22. The first-order valence-electron chi connectivity index (χ1n) is 10.2. The molecule has 2 aromatic carbocycles. The number of aliphatic hydroxyl groups excluding tert-OH is 2. The summed E-state index contributed by atoms with van der Waals surface area (Å²) in [6.07, 6.45) is 7.11. The number of benzene rings is 2. The van der Waals surface area contributed by atoms with Crippen molar-refractivity contribution in [3.8, 4) is 11.5 Å². The summed E-state index contributed by atoms with van der Waals surface area (Å²) in [7, 11) is 0. The molecule has 0 atom stereocenters. The minimum atomic E-state index is -0.0629. The van der Waals surface area contributed by atoms with Gasteiger partial charge >= 0.3 is 0 Å². The molecule has 2 N–H and O–H groups in total. The van der Waals surface area contributed by atoms with Crippen LogP contribution in [0, 0.1) is 0 Å². The second kappa shape index (κ2) is 10.8.